The van der Waals surface area contributed by atoms with Crippen LogP contribution in [0.25, 0.3) is 11.3 Å². The van der Waals surface area contributed by atoms with Crippen LogP contribution in [0, 0.1) is 6.92 Å². The van der Waals surface area contributed by atoms with Gasteiger partial charge in [-0.25, -0.2) is 0 Å². The largest absolute Gasteiger partial charge is 0.451 e. The highest BCUT2D eigenvalue weighted by molar-refractivity contribution is 9.10. The van der Waals surface area contributed by atoms with E-state index in [0.29, 0.717) is 17.1 Å². The summed E-state index contributed by atoms with van der Waals surface area (Å²) in [5, 5.41) is 2.76. The van der Waals surface area contributed by atoms with E-state index in [4.69, 9.17) is 10.2 Å². The van der Waals surface area contributed by atoms with Crippen molar-refractivity contribution in [3.63, 3.8) is 0 Å². The van der Waals surface area contributed by atoms with E-state index in [1.165, 1.54) is 0 Å². The second kappa shape index (κ2) is 6.30. The summed E-state index contributed by atoms with van der Waals surface area (Å²) in [6.07, 6.45) is 0. The number of nitrogen functional groups attached to an aromatic ring is 1. The highest BCUT2D eigenvalue weighted by atomic mass is 79.9. The number of nitrogens with one attached hydrogen (secondary N) is 1. The summed E-state index contributed by atoms with van der Waals surface area (Å²) in [4.78, 5) is 12.3. The SMILES string of the molecule is Cc1ccc(-c2ccc(C(=O)Nc3cccc(N)c3)o2)c(Br)c1. The van der Waals surface area contributed by atoms with Crippen LogP contribution in [-0.2, 0) is 0 Å². The van der Waals surface area contributed by atoms with Crippen molar-refractivity contribution in [2.75, 3.05) is 11.1 Å². The average Bonchev–Trinajstić information content (AvgIpc) is 2.97. The number of amides is 1. The van der Waals surface area contributed by atoms with Crippen LogP contribution in [-0.4, -0.2) is 5.91 Å². The van der Waals surface area contributed by atoms with Gasteiger partial charge < -0.3 is 15.5 Å². The first-order valence-corrected chi connectivity index (χ1v) is 7.85. The number of anilines is 2. The van der Waals surface area contributed by atoms with E-state index < -0.39 is 0 Å². The molecule has 0 fully saturated rings. The molecule has 23 heavy (non-hydrogen) atoms. The maximum absolute atomic E-state index is 12.3. The number of carbonyl (C=O) groups excluding carboxylic acids is 1. The van der Waals surface area contributed by atoms with Gasteiger partial charge in [0.2, 0.25) is 0 Å². The third-order valence-corrected chi connectivity index (χ3v) is 4.02. The number of rotatable bonds is 3. The van der Waals surface area contributed by atoms with Gasteiger partial charge in [-0.3, -0.25) is 4.79 Å². The lowest BCUT2D eigenvalue weighted by atomic mass is 10.1. The fourth-order valence-corrected chi connectivity index (χ4v) is 2.92. The number of nitrogens with two attached hydrogens (primary N) is 1. The van der Waals surface area contributed by atoms with Crippen LogP contribution in [0.1, 0.15) is 16.1 Å². The minimum atomic E-state index is -0.315. The van der Waals surface area contributed by atoms with E-state index in [0.717, 1.165) is 15.6 Å². The molecule has 0 aliphatic heterocycles. The molecular weight excluding hydrogens is 356 g/mol. The van der Waals surface area contributed by atoms with Gasteiger partial charge in [-0.05, 0) is 55.0 Å². The average molecular weight is 371 g/mol. The van der Waals surface area contributed by atoms with E-state index in [2.05, 4.69) is 21.2 Å². The minimum Gasteiger partial charge on any atom is -0.451 e. The molecule has 0 saturated heterocycles. The maximum Gasteiger partial charge on any atom is 0.291 e. The third kappa shape index (κ3) is 3.46. The Bertz CT molecular complexity index is 871. The van der Waals surface area contributed by atoms with Crippen molar-refractivity contribution in [3.05, 3.63) is 70.4 Å². The molecule has 0 aliphatic carbocycles. The molecule has 3 aromatic rings. The molecule has 4 nitrogen and oxygen atoms in total. The van der Waals surface area contributed by atoms with Gasteiger partial charge in [-0.15, -0.1) is 0 Å². The monoisotopic (exact) mass is 370 g/mol. The van der Waals surface area contributed by atoms with E-state index in [1.54, 1.807) is 36.4 Å². The molecular formula is C18H15BrN2O2. The summed E-state index contributed by atoms with van der Waals surface area (Å²) in [5.74, 6) is 0.564. The van der Waals surface area contributed by atoms with Crippen LogP contribution in [0.4, 0.5) is 11.4 Å². The van der Waals surface area contributed by atoms with Crippen LogP contribution in [0.5, 0.6) is 0 Å². The van der Waals surface area contributed by atoms with Crippen LogP contribution < -0.4 is 11.1 Å². The second-order valence-electron chi connectivity index (χ2n) is 5.23. The molecule has 3 N–H and O–H groups in total. The Kier molecular flexibility index (Phi) is 4.21. The Labute approximate surface area is 142 Å². The Morgan fingerprint density at radius 3 is 2.70 bits per heavy atom. The normalized spacial score (nSPS) is 10.5. The quantitative estimate of drug-likeness (QED) is 0.647. The lowest BCUT2D eigenvalue weighted by Gasteiger charge is -2.04. The summed E-state index contributed by atoms with van der Waals surface area (Å²) >= 11 is 3.52. The predicted molar refractivity (Wildman–Crippen MR) is 95.4 cm³/mol. The smallest absolute Gasteiger partial charge is 0.291 e. The van der Waals surface area contributed by atoms with Gasteiger partial charge in [0.15, 0.2) is 5.76 Å². The number of benzene rings is 2. The van der Waals surface area contributed by atoms with Crippen LogP contribution in [0.3, 0.4) is 0 Å². The Hall–Kier alpha value is -2.53. The summed E-state index contributed by atoms with van der Waals surface area (Å²) < 4.78 is 6.61. The zero-order valence-corrected chi connectivity index (χ0v) is 14.1. The van der Waals surface area contributed by atoms with Crippen molar-refractivity contribution >= 4 is 33.2 Å². The molecule has 2 aromatic carbocycles. The van der Waals surface area contributed by atoms with Crippen molar-refractivity contribution in [3.8, 4) is 11.3 Å². The number of furan rings is 1. The zero-order valence-electron chi connectivity index (χ0n) is 12.5. The molecule has 0 saturated carbocycles. The van der Waals surface area contributed by atoms with E-state index in [1.807, 2.05) is 25.1 Å². The molecule has 1 heterocycles. The summed E-state index contributed by atoms with van der Waals surface area (Å²) in [6.45, 7) is 2.01. The van der Waals surface area contributed by atoms with Crippen LogP contribution in [0.2, 0.25) is 0 Å². The first-order chi connectivity index (χ1) is 11.0. The first kappa shape index (κ1) is 15.4. The van der Waals surface area contributed by atoms with Gasteiger partial charge in [0, 0.05) is 21.4 Å². The number of aryl methyl sites for hydroxylation is 1. The molecule has 0 radical (unpaired) electrons. The van der Waals surface area contributed by atoms with Crippen molar-refractivity contribution in [2.24, 2.45) is 0 Å². The molecule has 5 heteroatoms. The molecule has 0 spiro atoms. The van der Waals surface area contributed by atoms with E-state index >= 15 is 0 Å². The van der Waals surface area contributed by atoms with Gasteiger partial charge in [0.25, 0.3) is 5.91 Å². The number of halogens is 1. The number of hydrogen-bond donors (Lipinski definition) is 2. The van der Waals surface area contributed by atoms with Crippen molar-refractivity contribution in [1.82, 2.24) is 0 Å². The fourth-order valence-electron chi connectivity index (χ4n) is 2.23. The molecule has 0 aliphatic rings. The van der Waals surface area contributed by atoms with Gasteiger partial charge in [-0.2, -0.15) is 0 Å². The molecule has 0 atom stereocenters. The van der Waals surface area contributed by atoms with Crippen LogP contribution in [0.15, 0.2) is 63.5 Å². The van der Waals surface area contributed by atoms with Gasteiger partial charge >= 0.3 is 0 Å². The lowest BCUT2D eigenvalue weighted by Crippen LogP contribution is -2.10. The maximum atomic E-state index is 12.3. The molecule has 3 rings (SSSR count). The molecule has 0 bridgehead atoms. The highest BCUT2D eigenvalue weighted by Crippen LogP contribution is 2.30. The van der Waals surface area contributed by atoms with Gasteiger partial charge in [-0.1, -0.05) is 28.1 Å². The minimum absolute atomic E-state index is 0.245. The Morgan fingerprint density at radius 2 is 1.96 bits per heavy atom. The lowest BCUT2D eigenvalue weighted by molar-refractivity contribution is 0.0997. The van der Waals surface area contributed by atoms with E-state index in [9.17, 15) is 4.79 Å². The van der Waals surface area contributed by atoms with Gasteiger partial charge in [0.05, 0.1) is 0 Å². The second-order valence-corrected chi connectivity index (χ2v) is 6.08. The number of carbonyl (C=O) groups is 1. The van der Waals surface area contributed by atoms with Crippen molar-refractivity contribution < 1.29 is 9.21 Å². The predicted octanol–water partition coefficient (Wildman–Crippen LogP) is 4.85. The van der Waals surface area contributed by atoms with Gasteiger partial charge in [0.1, 0.15) is 5.76 Å². The van der Waals surface area contributed by atoms with Crippen LogP contribution >= 0.6 is 15.9 Å². The summed E-state index contributed by atoms with van der Waals surface area (Å²) in [7, 11) is 0. The standard InChI is InChI=1S/C18H15BrN2O2/c1-11-5-6-14(15(19)9-11)16-7-8-17(23-16)18(22)21-13-4-2-3-12(20)10-13/h2-10H,20H2,1H3,(H,21,22). The fraction of sp³-hybridized carbons (Fsp3) is 0.0556. The molecule has 1 amide bonds. The zero-order chi connectivity index (χ0) is 16.4. The topological polar surface area (TPSA) is 68.3 Å². The number of hydrogen-bond acceptors (Lipinski definition) is 3. The third-order valence-electron chi connectivity index (χ3n) is 3.36. The Balaban J connectivity index is 1.82. The van der Waals surface area contributed by atoms with Crippen molar-refractivity contribution in [2.45, 2.75) is 6.92 Å². The summed E-state index contributed by atoms with van der Waals surface area (Å²) in [6, 6.07) is 16.4. The first-order valence-electron chi connectivity index (χ1n) is 7.06. The van der Waals surface area contributed by atoms with E-state index in [-0.39, 0.29) is 11.7 Å². The highest BCUT2D eigenvalue weighted by Gasteiger charge is 2.14. The molecule has 0 unspecified atom stereocenters. The molecule has 1 aromatic heterocycles. The molecule has 116 valence electrons. The van der Waals surface area contributed by atoms with Crippen molar-refractivity contribution in [1.29, 1.82) is 0 Å². The Morgan fingerprint density at radius 1 is 1.13 bits per heavy atom. The summed E-state index contributed by atoms with van der Waals surface area (Å²) in [5.41, 5.74) is 8.97.